The minimum atomic E-state index is -0.603. The van der Waals surface area contributed by atoms with E-state index in [0.29, 0.717) is 6.25 Å². The van der Waals surface area contributed by atoms with Gasteiger partial charge in [-0.15, -0.1) is 0 Å². The average molecular weight is 344 g/mol. The second kappa shape index (κ2) is 5.99. The van der Waals surface area contributed by atoms with E-state index in [0.717, 1.165) is 0 Å². The smallest absolute Gasteiger partial charge is 1.00 e. The van der Waals surface area contributed by atoms with Crippen LogP contribution in [0.2, 0.25) is 6.25 Å². The molecule has 2 aliphatic rings. The van der Waals surface area contributed by atoms with Crippen LogP contribution in [0.1, 0.15) is 41.5 Å². The molecule has 0 nitrogen and oxygen atoms in total. The second-order valence-electron chi connectivity index (χ2n) is 5.96. The summed E-state index contributed by atoms with van der Waals surface area (Å²) in [6.45, 7) is 14.0. The first-order valence-corrected chi connectivity index (χ1v) is 8.77. The Morgan fingerprint density at radius 3 is 1.26 bits per heavy atom. The van der Waals surface area contributed by atoms with Gasteiger partial charge in [-0.1, -0.05) is 0 Å². The van der Waals surface area contributed by atoms with Crippen LogP contribution in [0.25, 0.3) is 0 Å². The Kier molecular flexibility index (Phi) is 5.90. The predicted octanol–water partition coefficient (Wildman–Crippen LogP) is -0.753. The van der Waals surface area contributed by atoms with E-state index in [4.69, 9.17) is 0 Å². The van der Waals surface area contributed by atoms with E-state index in [2.05, 4.69) is 65.8 Å². The van der Waals surface area contributed by atoms with Gasteiger partial charge in [0.05, 0.1) is 0 Å². The molecular weight excluding hydrogens is 321 g/mol. The zero-order valence-electron chi connectivity index (χ0n) is 12.6. The largest absolute Gasteiger partial charge is 1.00 e. The molecule has 0 aromatic rings. The first-order valence-electron chi connectivity index (χ1n) is 6.31. The molecule has 0 aliphatic heterocycles. The molecule has 0 amide bonds. The molecule has 0 N–H and O–H groups in total. The monoisotopic (exact) mass is 342 g/mol. The van der Waals surface area contributed by atoms with Gasteiger partial charge >= 0.3 is 118 Å². The zero-order chi connectivity index (χ0) is 12.8. The Morgan fingerprint density at radius 1 is 0.737 bits per heavy atom. The van der Waals surface area contributed by atoms with Crippen LogP contribution in [-0.4, -0.2) is 0 Å². The topological polar surface area (TPSA) is 0 Å². The summed E-state index contributed by atoms with van der Waals surface area (Å²) < 4.78 is 0.802. The van der Waals surface area contributed by atoms with E-state index >= 15 is 0 Å². The van der Waals surface area contributed by atoms with Crippen LogP contribution >= 0.6 is 0 Å². The summed E-state index contributed by atoms with van der Waals surface area (Å²) in [5.41, 5.74) is 6.06. The molecule has 0 saturated heterocycles. The summed E-state index contributed by atoms with van der Waals surface area (Å²) in [4.78, 5) is 0. The minimum absolute atomic E-state index is 0. The van der Waals surface area contributed by atoms with Gasteiger partial charge in [0.15, 0.2) is 0 Å². The van der Waals surface area contributed by atoms with E-state index in [9.17, 15) is 0 Å². The first kappa shape index (κ1) is 18.7. The van der Waals surface area contributed by atoms with Crippen LogP contribution < -0.4 is 9.41 Å². The molecule has 0 aromatic carbocycles. The van der Waals surface area contributed by atoms with Crippen molar-refractivity contribution in [1.29, 1.82) is 0 Å². The number of allylic oxidation sites excluding steroid dienone is 8. The molecular formula is C16H22F2Zr. The average Bonchev–Trinajstić information content (AvgIpc) is 2.51. The number of hydrogen-bond acceptors (Lipinski definition) is 0. The third-order valence-electron chi connectivity index (χ3n) is 4.08. The predicted molar refractivity (Wildman–Crippen MR) is 71.8 cm³/mol. The van der Waals surface area contributed by atoms with E-state index in [-0.39, 0.29) is 9.41 Å². The third-order valence-corrected chi connectivity index (χ3v) is 9.28. The van der Waals surface area contributed by atoms with Gasteiger partial charge in [0.25, 0.3) is 0 Å². The molecule has 104 valence electrons. The van der Waals surface area contributed by atoms with Gasteiger partial charge in [0, 0.05) is 0 Å². The fourth-order valence-corrected chi connectivity index (χ4v) is 8.46. The van der Waals surface area contributed by atoms with Crippen molar-refractivity contribution in [1.82, 2.24) is 0 Å². The van der Waals surface area contributed by atoms with Gasteiger partial charge < -0.3 is 9.41 Å². The normalized spacial score (nSPS) is 32.3. The molecule has 0 saturated carbocycles. The number of hydrogen-bond donors (Lipinski definition) is 0. The van der Waals surface area contributed by atoms with Crippen molar-refractivity contribution in [3.63, 3.8) is 0 Å². The molecule has 0 bridgehead atoms. The van der Waals surface area contributed by atoms with Crippen molar-refractivity contribution in [2.75, 3.05) is 0 Å². The van der Waals surface area contributed by atoms with Gasteiger partial charge in [-0.05, 0) is 0 Å². The van der Waals surface area contributed by atoms with Crippen molar-refractivity contribution in [2.24, 2.45) is 0 Å². The second-order valence-corrected chi connectivity index (χ2v) is 11.7. The van der Waals surface area contributed by atoms with Crippen molar-refractivity contribution < 1.29 is 32.6 Å². The van der Waals surface area contributed by atoms with E-state index in [1.54, 1.807) is 11.1 Å². The summed E-state index contributed by atoms with van der Waals surface area (Å²) >= 11 is -0.603. The molecule has 2 atom stereocenters. The number of halogens is 2. The van der Waals surface area contributed by atoms with E-state index < -0.39 is 23.2 Å². The Morgan fingerprint density at radius 2 is 1.05 bits per heavy atom. The van der Waals surface area contributed by atoms with E-state index in [1.807, 2.05) is 0 Å². The maximum atomic E-state index is 2.51. The van der Waals surface area contributed by atoms with Crippen molar-refractivity contribution in [2.45, 2.75) is 47.8 Å². The molecule has 2 rings (SSSR count). The summed E-state index contributed by atoms with van der Waals surface area (Å²) in [7, 11) is 0. The van der Waals surface area contributed by atoms with Crippen LogP contribution in [0.15, 0.2) is 46.6 Å². The molecule has 0 fully saturated rings. The minimum Gasteiger partial charge on any atom is -1.00 e. The maximum absolute atomic E-state index is 2.51. The molecule has 19 heavy (non-hydrogen) atoms. The summed E-state index contributed by atoms with van der Waals surface area (Å²) in [6.07, 6.45) is 9.76. The van der Waals surface area contributed by atoms with Crippen molar-refractivity contribution in [3.05, 3.63) is 46.6 Å². The molecule has 2 aliphatic carbocycles. The fourth-order valence-electron chi connectivity index (χ4n) is 3.01. The van der Waals surface area contributed by atoms with Crippen LogP contribution in [0.4, 0.5) is 0 Å². The van der Waals surface area contributed by atoms with Crippen LogP contribution in [-0.2, 0) is 23.2 Å². The molecule has 0 heterocycles. The maximum Gasteiger partial charge on any atom is -1.00 e. The third kappa shape index (κ3) is 3.42. The fraction of sp³-hybridized carbons (Fsp3) is 0.500. The standard InChI is InChI=1S/2C8H11.2FH.Zr/c2*1-6-4-7(2)8(3)5-6;;;/h2*4-5H,1-3H3;2*1H;/q;;;;+2/p-2. The molecule has 2 unspecified atom stereocenters. The van der Waals surface area contributed by atoms with Crippen LogP contribution in [0.3, 0.4) is 0 Å². The van der Waals surface area contributed by atoms with Gasteiger partial charge in [-0.2, -0.15) is 0 Å². The van der Waals surface area contributed by atoms with Crippen molar-refractivity contribution >= 4 is 0 Å². The first-order chi connectivity index (χ1) is 7.75. The molecule has 0 spiro atoms. The quantitative estimate of drug-likeness (QED) is 0.619. The van der Waals surface area contributed by atoms with Gasteiger partial charge in [-0.3, -0.25) is 0 Å². The molecule has 3 heteroatoms. The van der Waals surface area contributed by atoms with Gasteiger partial charge in [-0.25, -0.2) is 0 Å². The van der Waals surface area contributed by atoms with Crippen molar-refractivity contribution in [3.8, 4) is 0 Å². The van der Waals surface area contributed by atoms with Gasteiger partial charge in [0.2, 0.25) is 0 Å². The summed E-state index contributed by atoms with van der Waals surface area (Å²) in [5.74, 6) is 0. The number of rotatable bonds is 2. The zero-order valence-corrected chi connectivity index (χ0v) is 15.0. The Hall–Kier alpha value is -0.297. The van der Waals surface area contributed by atoms with Gasteiger partial charge in [0.1, 0.15) is 0 Å². The van der Waals surface area contributed by atoms with Crippen LogP contribution in [0, 0.1) is 0 Å². The molecule has 0 aromatic heterocycles. The Balaban J connectivity index is 0.00000162. The SMILES string of the molecule is CC1=C[C](C)([Zr+2][C]2(C)C=C(C)C=C2C)C(C)=C1.[F-].[F-]. The summed E-state index contributed by atoms with van der Waals surface area (Å²) in [5, 5.41) is 0. The Labute approximate surface area is 127 Å². The summed E-state index contributed by atoms with van der Waals surface area (Å²) in [6, 6.07) is 0. The Bertz CT molecular complexity index is 441. The van der Waals surface area contributed by atoms with Crippen LogP contribution in [0.5, 0.6) is 0 Å². The van der Waals surface area contributed by atoms with E-state index in [1.165, 1.54) is 11.1 Å². The molecule has 0 radical (unpaired) electrons.